The van der Waals surface area contributed by atoms with Gasteiger partial charge in [0.05, 0.1) is 0 Å². The molecule has 4 nitrogen and oxygen atoms in total. The van der Waals surface area contributed by atoms with Crippen LogP contribution in [-0.2, 0) is 11.3 Å². The highest BCUT2D eigenvalue weighted by molar-refractivity contribution is 5.88. The second-order valence-electron chi connectivity index (χ2n) is 7.37. The third-order valence-electron chi connectivity index (χ3n) is 5.31. The molecule has 4 rings (SSSR count). The average molecular weight is 374 g/mol. The highest BCUT2D eigenvalue weighted by Crippen LogP contribution is 2.25. The van der Waals surface area contributed by atoms with Crippen LogP contribution in [0.3, 0.4) is 0 Å². The molecule has 144 valence electrons. The lowest BCUT2D eigenvalue weighted by Crippen LogP contribution is -2.45. The zero-order valence-corrected chi connectivity index (χ0v) is 16.0. The summed E-state index contributed by atoms with van der Waals surface area (Å²) in [4.78, 5) is 14.8. The van der Waals surface area contributed by atoms with Gasteiger partial charge in [-0.1, -0.05) is 66.7 Å². The number of carbonyl (C=O) groups is 1. The number of ether oxygens (including phenoxy) is 1. The maximum atomic E-state index is 12.3. The normalized spacial score (nSPS) is 15.4. The number of nitrogens with zero attached hydrogens (tertiary/aromatic N) is 1. The highest BCUT2D eigenvalue weighted by atomic mass is 16.5. The Morgan fingerprint density at radius 3 is 2.46 bits per heavy atom. The van der Waals surface area contributed by atoms with Crippen molar-refractivity contribution in [3.63, 3.8) is 0 Å². The van der Waals surface area contributed by atoms with E-state index in [4.69, 9.17) is 4.74 Å². The van der Waals surface area contributed by atoms with Crippen molar-refractivity contribution in [3.8, 4) is 5.75 Å². The number of fused-ring (bicyclic) bond motifs is 1. The molecule has 0 aliphatic carbocycles. The summed E-state index contributed by atoms with van der Waals surface area (Å²) >= 11 is 0. The second-order valence-corrected chi connectivity index (χ2v) is 7.37. The number of carbonyl (C=O) groups excluding carboxylic acids is 1. The number of benzene rings is 3. The third kappa shape index (κ3) is 4.70. The van der Waals surface area contributed by atoms with Crippen LogP contribution in [-0.4, -0.2) is 36.5 Å². The summed E-state index contributed by atoms with van der Waals surface area (Å²) in [5, 5.41) is 5.28. The van der Waals surface area contributed by atoms with Crippen molar-refractivity contribution in [1.29, 1.82) is 0 Å². The van der Waals surface area contributed by atoms with E-state index in [0.717, 1.165) is 49.0 Å². The lowest BCUT2D eigenvalue weighted by atomic mass is 10.0. The minimum atomic E-state index is -0.0468. The molecule has 0 bridgehead atoms. The van der Waals surface area contributed by atoms with Crippen molar-refractivity contribution in [2.75, 3.05) is 19.7 Å². The van der Waals surface area contributed by atoms with Crippen molar-refractivity contribution < 1.29 is 9.53 Å². The van der Waals surface area contributed by atoms with Crippen LogP contribution in [0.5, 0.6) is 5.75 Å². The lowest BCUT2D eigenvalue weighted by Gasteiger charge is -2.32. The standard InChI is InChI=1S/C24H26N2O2/c27-24(18-28-23-12-6-10-20-9-4-5-11-22(20)23)25-21-13-15-26(16-14-21)17-19-7-2-1-3-8-19/h1-12,21H,13-18H2,(H,25,27). The fourth-order valence-corrected chi connectivity index (χ4v) is 3.81. The van der Waals surface area contributed by atoms with Gasteiger partial charge in [0.2, 0.25) is 0 Å². The molecule has 1 heterocycles. The Morgan fingerprint density at radius 2 is 1.64 bits per heavy atom. The monoisotopic (exact) mass is 374 g/mol. The molecule has 4 heteroatoms. The summed E-state index contributed by atoms with van der Waals surface area (Å²) in [5.41, 5.74) is 1.34. The van der Waals surface area contributed by atoms with E-state index in [-0.39, 0.29) is 18.6 Å². The van der Waals surface area contributed by atoms with Crippen molar-refractivity contribution in [3.05, 3.63) is 78.4 Å². The summed E-state index contributed by atoms with van der Waals surface area (Å²) in [7, 11) is 0. The van der Waals surface area contributed by atoms with E-state index in [1.54, 1.807) is 0 Å². The van der Waals surface area contributed by atoms with Crippen molar-refractivity contribution in [2.24, 2.45) is 0 Å². The summed E-state index contributed by atoms with van der Waals surface area (Å²) in [6.45, 7) is 3.04. The average Bonchev–Trinajstić information content (AvgIpc) is 2.74. The van der Waals surface area contributed by atoms with E-state index in [9.17, 15) is 4.79 Å². The van der Waals surface area contributed by atoms with E-state index in [1.165, 1.54) is 5.56 Å². The van der Waals surface area contributed by atoms with E-state index in [2.05, 4.69) is 34.5 Å². The van der Waals surface area contributed by atoms with Gasteiger partial charge in [-0.3, -0.25) is 9.69 Å². The van der Waals surface area contributed by atoms with Gasteiger partial charge >= 0.3 is 0 Å². The summed E-state index contributed by atoms with van der Waals surface area (Å²) in [6.07, 6.45) is 1.96. The molecule has 1 N–H and O–H groups in total. The molecule has 1 amide bonds. The predicted octanol–water partition coefficient (Wildman–Crippen LogP) is 4.00. The molecule has 1 saturated heterocycles. The van der Waals surface area contributed by atoms with Gasteiger partial charge in [0.15, 0.2) is 6.61 Å². The molecule has 0 radical (unpaired) electrons. The molecule has 0 aromatic heterocycles. The molecule has 3 aromatic carbocycles. The minimum absolute atomic E-state index is 0.0468. The maximum Gasteiger partial charge on any atom is 0.258 e. The zero-order valence-electron chi connectivity index (χ0n) is 16.0. The fraction of sp³-hybridized carbons (Fsp3) is 0.292. The Labute approximate surface area is 166 Å². The third-order valence-corrected chi connectivity index (χ3v) is 5.31. The fourth-order valence-electron chi connectivity index (χ4n) is 3.81. The molecule has 28 heavy (non-hydrogen) atoms. The van der Waals surface area contributed by atoms with Gasteiger partial charge in [-0.05, 0) is 29.9 Å². The molecule has 1 fully saturated rings. The molecule has 1 aliphatic heterocycles. The van der Waals surface area contributed by atoms with Gasteiger partial charge in [-0.15, -0.1) is 0 Å². The van der Waals surface area contributed by atoms with Crippen LogP contribution in [0.2, 0.25) is 0 Å². The van der Waals surface area contributed by atoms with Crippen molar-refractivity contribution in [2.45, 2.75) is 25.4 Å². The number of nitrogens with one attached hydrogen (secondary N) is 1. The van der Waals surface area contributed by atoms with Gasteiger partial charge in [0.1, 0.15) is 5.75 Å². The number of hydrogen-bond donors (Lipinski definition) is 1. The lowest BCUT2D eigenvalue weighted by molar-refractivity contribution is -0.124. The first kappa shape index (κ1) is 18.5. The minimum Gasteiger partial charge on any atom is -0.483 e. The number of hydrogen-bond acceptors (Lipinski definition) is 3. The Hall–Kier alpha value is -2.85. The molecule has 0 saturated carbocycles. The van der Waals surface area contributed by atoms with E-state index < -0.39 is 0 Å². The first-order valence-electron chi connectivity index (χ1n) is 9.94. The molecule has 1 aliphatic rings. The second kappa shape index (κ2) is 8.89. The zero-order chi connectivity index (χ0) is 19.2. The Bertz CT molecular complexity index is 913. The molecule has 0 unspecified atom stereocenters. The van der Waals surface area contributed by atoms with E-state index in [0.29, 0.717) is 0 Å². The Balaban J connectivity index is 1.24. The Kier molecular flexibility index (Phi) is 5.88. The largest absolute Gasteiger partial charge is 0.483 e. The first-order chi connectivity index (χ1) is 13.8. The molecule has 3 aromatic rings. The van der Waals surface area contributed by atoms with Gasteiger partial charge in [0.25, 0.3) is 5.91 Å². The summed E-state index contributed by atoms with van der Waals surface area (Å²) in [6, 6.07) is 24.7. The van der Waals surface area contributed by atoms with Gasteiger partial charge in [-0.25, -0.2) is 0 Å². The van der Waals surface area contributed by atoms with Crippen LogP contribution in [0.25, 0.3) is 10.8 Å². The molecule has 0 atom stereocenters. The number of piperidine rings is 1. The van der Waals surface area contributed by atoms with Crippen LogP contribution in [0, 0.1) is 0 Å². The Morgan fingerprint density at radius 1 is 0.929 bits per heavy atom. The SMILES string of the molecule is O=C(COc1cccc2ccccc12)NC1CCN(Cc2ccccc2)CC1. The van der Waals surface area contributed by atoms with Gasteiger partial charge in [0, 0.05) is 31.1 Å². The van der Waals surface area contributed by atoms with E-state index in [1.807, 2.05) is 48.5 Å². The molecule has 0 spiro atoms. The highest BCUT2D eigenvalue weighted by Gasteiger charge is 2.21. The van der Waals surface area contributed by atoms with Gasteiger partial charge < -0.3 is 10.1 Å². The van der Waals surface area contributed by atoms with Crippen LogP contribution in [0.4, 0.5) is 0 Å². The van der Waals surface area contributed by atoms with Crippen LogP contribution < -0.4 is 10.1 Å². The van der Waals surface area contributed by atoms with Crippen molar-refractivity contribution in [1.82, 2.24) is 10.2 Å². The summed E-state index contributed by atoms with van der Waals surface area (Å²) < 4.78 is 5.80. The van der Waals surface area contributed by atoms with E-state index >= 15 is 0 Å². The molecular formula is C24H26N2O2. The number of amides is 1. The number of rotatable bonds is 6. The summed E-state index contributed by atoms with van der Waals surface area (Å²) in [5.74, 6) is 0.709. The molecular weight excluding hydrogens is 348 g/mol. The number of likely N-dealkylation sites (tertiary alicyclic amines) is 1. The smallest absolute Gasteiger partial charge is 0.258 e. The van der Waals surface area contributed by atoms with Gasteiger partial charge in [-0.2, -0.15) is 0 Å². The first-order valence-corrected chi connectivity index (χ1v) is 9.94. The quantitative estimate of drug-likeness (QED) is 0.709. The topological polar surface area (TPSA) is 41.6 Å². The predicted molar refractivity (Wildman–Crippen MR) is 112 cm³/mol. The maximum absolute atomic E-state index is 12.3. The van der Waals surface area contributed by atoms with Crippen LogP contribution in [0.1, 0.15) is 18.4 Å². The van der Waals surface area contributed by atoms with Crippen LogP contribution in [0.15, 0.2) is 72.8 Å². The van der Waals surface area contributed by atoms with Crippen molar-refractivity contribution >= 4 is 16.7 Å². The van der Waals surface area contributed by atoms with Crippen LogP contribution >= 0.6 is 0 Å².